The maximum absolute atomic E-state index is 11.7. The summed E-state index contributed by atoms with van der Waals surface area (Å²) < 4.78 is 4.89. The maximum atomic E-state index is 11.7. The van der Waals surface area contributed by atoms with Crippen LogP contribution < -0.4 is 5.32 Å². The smallest absolute Gasteiger partial charge is 0.225 e. The number of methoxy groups -OCH3 is 1. The van der Waals surface area contributed by atoms with Crippen LogP contribution in [0.15, 0.2) is 18.2 Å². The minimum absolute atomic E-state index is 0.0519. The molecule has 6 heteroatoms. The molecule has 1 aromatic carbocycles. The lowest BCUT2D eigenvalue weighted by Gasteiger charge is -2.17. The lowest BCUT2D eigenvalue weighted by Crippen LogP contribution is -2.34. The van der Waals surface area contributed by atoms with Gasteiger partial charge in [0.1, 0.15) is 0 Å². The SMILES string of the molecule is COCC(C)C(=O)NCC(O)c1c(Cl)cccc1Cl. The largest absolute Gasteiger partial charge is 0.386 e. The van der Waals surface area contributed by atoms with E-state index in [-0.39, 0.29) is 18.4 Å². The second kappa shape index (κ2) is 7.70. The molecule has 0 aromatic heterocycles. The lowest BCUT2D eigenvalue weighted by atomic mass is 10.1. The summed E-state index contributed by atoms with van der Waals surface area (Å²) in [7, 11) is 1.53. The van der Waals surface area contributed by atoms with Gasteiger partial charge in [-0.15, -0.1) is 0 Å². The van der Waals surface area contributed by atoms with Crippen LogP contribution in [0.2, 0.25) is 10.0 Å². The van der Waals surface area contributed by atoms with Gasteiger partial charge in [0, 0.05) is 29.3 Å². The van der Waals surface area contributed by atoms with Gasteiger partial charge in [0.2, 0.25) is 5.91 Å². The molecule has 1 amide bonds. The summed E-state index contributed by atoms with van der Waals surface area (Å²) in [4.78, 5) is 11.7. The van der Waals surface area contributed by atoms with Crippen molar-refractivity contribution in [2.45, 2.75) is 13.0 Å². The van der Waals surface area contributed by atoms with Crippen molar-refractivity contribution >= 4 is 29.1 Å². The van der Waals surface area contributed by atoms with Crippen molar-refractivity contribution in [1.82, 2.24) is 5.32 Å². The molecule has 0 bridgehead atoms. The zero-order valence-corrected chi connectivity index (χ0v) is 12.3. The first kappa shape index (κ1) is 16.2. The minimum Gasteiger partial charge on any atom is -0.386 e. The van der Waals surface area contributed by atoms with Crippen molar-refractivity contribution in [1.29, 1.82) is 0 Å². The summed E-state index contributed by atoms with van der Waals surface area (Å²) >= 11 is 11.9. The Kier molecular flexibility index (Phi) is 6.58. The molecule has 0 aliphatic heterocycles. The van der Waals surface area contributed by atoms with E-state index in [1.165, 1.54) is 7.11 Å². The molecule has 0 spiro atoms. The summed E-state index contributed by atoms with van der Waals surface area (Å²) in [5.41, 5.74) is 0.422. The number of benzene rings is 1. The standard InChI is InChI=1S/C13H17Cl2NO3/c1-8(7-19-2)13(18)16-6-11(17)12-9(14)4-3-5-10(12)15/h3-5,8,11,17H,6-7H2,1-2H3,(H,16,18). The highest BCUT2D eigenvalue weighted by molar-refractivity contribution is 6.36. The molecule has 2 unspecified atom stereocenters. The maximum Gasteiger partial charge on any atom is 0.225 e. The van der Waals surface area contributed by atoms with Crippen molar-refractivity contribution in [3.05, 3.63) is 33.8 Å². The normalized spacial score (nSPS) is 13.9. The van der Waals surface area contributed by atoms with Crippen molar-refractivity contribution in [2.75, 3.05) is 20.3 Å². The van der Waals surface area contributed by atoms with Gasteiger partial charge in [-0.05, 0) is 12.1 Å². The Morgan fingerprint density at radius 1 is 1.42 bits per heavy atom. The molecule has 1 rings (SSSR count). The molecular weight excluding hydrogens is 289 g/mol. The number of aliphatic hydroxyl groups excluding tert-OH is 1. The van der Waals surface area contributed by atoms with Crippen LogP contribution >= 0.6 is 23.2 Å². The Morgan fingerprint density at radius 3 is 2.53 bits per heavy atom. The van der Waals surface area contributed by atoms with Gasteiger partial charge in [-0.1, -0.05) is 36.2 Å². The van der Waals surface area contributed by atoms with E-state index >= 15 is 0 Å². The van der Waals surface area contributed by atoms with Crippen molar-refractivity contribution in [2.24, 2.45) is 5.92 Å². The van der Waals surface area contributed by atoms with E-state index in [0.29, 0.717) is 22.2 Å². The number of rotatable bonds is 6. The van der Waals surface area contributed by atoms with E-state index in [1.807, 2.05) is 0 Å². The third kappa shape index (κ3) is 4.66. The fraction of sp³-hybridized carbons (Fsp3) is 0.462. The molecule has 0 saturated carbocycles. The Labute approximate surface area is 122 Å². The number of ether oxygens (including phenoxy) is 1. The highest BCUT2D eigenvalue weighted by Crippen LogP contribution is 2.29. The quantitative estimate of drug-likeness (QED) is 0.848. The van der Waals surface area contributed by atoms with Crippen molar-refractivity contribution in [3.8, 4) is 0 Å². The molecule has 1 aromatic rings. The fourth-order valence-electron chi connectivity index (χ4n) is 1.63. The fourth-order valence-corrected chi connectivity index (χ4v) is 2.28. The van der Waals surface area contributed by atoms with E-state index in [0.717, 1.165) is 0 Å². The van der Waals surface area contributed by atoms with Crippen molar-refractivity contribution < 1.29 is 14.6 Å². The Hall–Kier alpha value is -0.810. The van der Waals surface area contributed by atoms with Crippen LogP contribution in [0.5, 0.6) is 0 Å². The minimum atomic E-state index is -0.945. The predicted molar refractivity (Wildman–Crippen MR) is 75.5 cm³/mol. The van der Waals surface area contributed by atoms with Crippen LogP contribution in [0.3, 0.4) is 0 Å². The van der Waals surface area contributed by atoms with Crippen LogP contribution in [0.25, 0.3) is 0 Å². The van der Waals surface area contributed by atoms with Gasteiger partial charge < -0.3 is 15.2 Å². The topological polar surface area (TPSA) is 58.6 Å². The van der Waals surface area contributed by atoms with E-state index in [2.05, 4.69) is 5.32 Å². The van der Waals surface area contributed by atoms with Crippen LogP contribution in [0.1, 0.15) is 18.6 Å². The van der Waals surface area contributed by atoms with E-state index < -0.39 is 6.10 Å². The third-order valence-electron chi connectivity index (χ3n) is 2.67. The monoisotopic (exact) mass is 305 g/mol. The van der Waals surface area contributed by atoms with Gasteiger partial charge in [0.25, 0.3) is 0 Å². The first-order valence-electron chi connectivity index (χ1n) is 5.86. The van der Waals surface area contributed by atoms with Crippen LogP contribution in [-0.4, -0.2) is 31.3 Å². The van der Waals surface area contributed by atoms with Gasteiger partial charge in [0.05, 0.1) is 18.6 Å². The first-order valence-corrected chi connectivity index (χ1v) is 6.61. The number of carbonyl (C=O) groups excluding carboxylic acids is 1. The number of hydrogen-bond donors (Lipinski definition) is 2. The molecule has 0 radical (unpaired) electrons. The molecule has 0 fully saturated rings. The number of halogens is 2. The summed E-state index contributed by atoms with van der Waals surface area (Å²) in [5, 5.41) is 13.4. The van der Waals surface area contributed by atoms with E-state index in [4.69, 9.17) is 27.9 Å². The predicted octanol–water partition coefficient (Wildman–Crippen LogP) is 2.43. The molecule has 2 N–H and O–H groups in total. The Balaban J connectivity index is 2.61. The molecule has 0 aliphatic rings. The van der Waals surface area contributed by atoms with Gasteiger partial charge in [0.15, 0.2) is 0 Å². The third-order valence-corrected chi connectivity index (χ3v) is 3.33. The molecular formula is C13H17Cl2NO3. The first-order chi connectivity index (χ1) is 8.97. The summed E-state index contributed by atoms with van der Waals surface area (Å²) in [6.07, 6.45) is -0.945. The van der Waals surface area contributed by atoms with Gasteiger partial charge in [-0.25, -0.2) is 0 Å². The second-order valence-electron chi connectivity index (χ2n) is 4.25. The van der Waals surface area contributed by atoms with E-state index in [1.54, 1.807) is 25.1 Å². The van der Waals surface area contributed by atoms with Crippen molar-refractivity contribution in [3.63, 3.8) is 0 Å². The van der Waals surface area contributed by atoms with Gasteiger partial charge in [-0.3, -0.25) is 4.79 Å². The van der Waals surface area contributed by atoms with Crippen LogP contribution in [0, 0.1) is 5.92 Å². The number of nitrogens with one attached hydrogen (secondary N) is 1. The molecule has 0 saturated heterocycles. The molecule has 2 atom stereocenters. The van der Waals surface area contributed by atoms with Gasteiger partial charge in [-0.2, -0.15) is 0 Å². The average Bonchev–Trinajstić information content (AvgIpc) is 2.36. The Bertz CT molecular complexity index is 420. The second-order valence-corrected chi connectivity index (χ2v) is 5.07. The Morgan fingerprint density at radius 2 is 2.00 bits per heavy atom. The zero-order chi connectivity index (χ0) is 14.4. The highest BCUT2D eigenvalue weighted by atomic mass is 35.5. The average molecular weight is 306 g/mol. The lowest BCUT2D eigenvalue weighted by molar-refractivity contribution is -0.126. The number of carbonyl (C=O) groups is 1. The molecule has 0 heterocycles. The molecule has 19 heavy (non-hydrogen) atoms. The number of aliphatic hydroxyl groups is 1. The van der Waals surface area contributed by atoms with E-state index in [9.17, 15) is 9.90 Å². The number of hydrogen-bond acceptors (Lipinski definition) is 3. The molecule has 4 nitrogen and oxygen atoms in total. The zero-order valence-electron chi connectivity index (χ0n) is 10.8. The number of amides is 1. The summed E-state index contributed by atoms with van der Waals surface area (Å²) in [6.45, 7) is 2.12. The van der Waals surface area contributed by atoms with Crippen LogP contribution in [0.4, 0.5) is 0 Å². The van der Waals surface area contributed by atoms with Crippen LogP contribution in [-0.2, 0) is 9.53 Å². The highest BCUT2D eigenvalue weighted by Gasteiger charge is 2.18. The summed E-state index contributed by atoms with van der Waals surface area (Å²) in [5.74, 6) is -0.469. The summed E-state index contributed by atoms with van der Waals surface area (Å²) in [6, 6.07) is 4.98. The molecule has 0 aliphatic carbocycles. The van der Waals surface area contributed by atoms with Gasteiger partial charge >= 0.3 is 0 Å². The molecule has 106 valence electrons.